The molecular weight excluding hydrogens is 538 g/mol. The van der Waals surface area contributed by atoms with Gasteiger partial charge in [0.15, 0.2) is 5.65 Å². The molecule has 0 aromatic carbocycles. The molecule has 7 rings (SSSR count). The Kier molecular flexibility index (Phi) is 6.06. The van der Waals surface area contributed by atoms with E-state index in [-0.39, 0.29) is 36.2 Å². The molecule has 2 unspecified atom stereocenters. The van der Waals surface area contributed by atoms with Crippen molar-refractivity contribution in [2.24, 2.45) is 5.92 Å². The number of rotatable bonds is 8. The number of urea groups is 1. The van der Waals surface area contributed by atoms with Crippen LogP contribution in [-0.2, 0) is 9.59 Å². The molecular formula is C28H29N11O3. The molecule has 42 heavy (non-hydrogen) atoms. The summed E-state index contributed by atoms with van der Waals surface area (Å²) in [7, 11) is 1.48. The summed E-state index contributed by atoms with van der Waals surface area (Å²) in [5, 5.41) is 10.9. The van der Waals surface area contributed by atoms with Crippen LogP contribution in [0.1, 0.15) is 67.0 Å². The van der Waals surface area contributed by atoms with Gasteiger partial charge in [0.25, 0.3) is 5.91 Å². The van der Waals surface area contributed by atoms with Crippen molar-refractivity contribution in [2.45, 2.75) is 51.0 Å². The van der Waals surface area contributed by atoms with Crippen LogP contribution in [0.4, 0.5) is 22.2 Å². The Morgan fingerprint density at radius 1 is 1.07 bits per heavy atom. The maximum atomic E-state index is 12.9. The molecule has 214 valence electrons. The van der Waals surface area contributed by atoms with Crippen molar-refractivity contribution in [3.63, 3.8) is 0 Å². The van der Waals surface area contributed by atoms with E-state index in [2.05, 4.69) is 30.6 Å². The Morgan fingerprint density at radius 3 is 2.62 bits per heavy atom. The summed E-state index contributed by atoms with van der Waals surface area (Å²) in [5.41, 5.74) is 3.04. The number of imide groups is 1. The third-order valence-corrected chi connectivity index (χ3v) is 7.90. The molecule has 14 nitrogen and oxygen atoms in total. The van der Waals surface area contributed by atoms with Gasteiger partial charge in [0.1, 0.15) is 36.2 Å². The maximum absolute atomic E-state index is 12.9. The molecule has 2 saturated carbocycles. The van der Waals surface area contributed by atoms with E-state index in [4.69, 9.17) is 10.1 Å². The fourth-order valence-electron chi connectivity index (χ4n) is 5.20. The largest absolute Gasteiger partial charge is 0.362 e. The monoisotopic (exact) mass is 567 g/mol. The number of hydrogen-bond donors (Lipinski definition) is 2. The molecule has 0 radical (unpaired) electrons. The van der Waals surface area contributed by atoms with E-state index in [0.717, 1.165) is 29.1 Å². The number of nitrogens with one attached hydrogen (secondary N) is 2. The minimum absolute atomic E-state index is 0.00714. The SMILES string of the molecule is Cc1ccnc(C2CC2C(=O)Nc2cc(N[C@@H](C)c3cc4nc(C5CC5)cc(N5CC(=O)N(C)C5=O)n4n3)ncn2)n1. The molecule has 3 atom stereocenters. The summed E-state index contributed by atoms with van der Waals surface area (Å²) in [6.45, 7) is 3.79. The lowest BCUT2D eigenvalue weighted by Crippen LogP contribution is -2.31. The third kappa shape index (κ3) is 4.78. The lowest BCUT2D eigenvalue weighted by Gasteiger charge is -2.17. The minimum atomic E-state index is -0.392. The second kappa shape index (κ2) is 9.82. The highest BCUT2D eigenvalue weighted by atomic mass is 16.2. The molecule has 5 heterocycles. The molecule has 4 aromatic rings. The number of amides is 4. The topological polar surface area (TPSA) is 164 Å². The lowest BCUT2D eigenvalue weighted by molar-refractivity contribution is -0.124. The molecule has 3 aliphatic rings. The van der Waals surface area contributed by atoms with E-state index in [9.17, 15) is 14.4 Å². The van der Waals surface area contributed by atoms with Crippen LogP contribution >= 0.6 is 0 Å². The van der Waals surface area contributed by atoms with Gasteiger partial charge in [-0.3, -0.25) is 19.4 Å². The molecule has 0 spiro atoms. The Bertz CT molecular complexity index is 1750. The van der Waals surface area contributed by atoms with Crippen molar-refractivity contribution in [1.29, 1.82) is 0 Å². The highest BCUT2D eigenvalue weighted by Crippen LogP contribution is 2.46. The van der Waals surface area contributed by atoms with Crippen molar-refractivity contribution in [1.82, 2.24) is 39.4 Å². The van der Waals surface area contributed by atoms with E-state index in [1.807, 2.05) is 32.0 Å². The van der Waals surface area contributed by atoms with E-state index in [1.165, 1.54) is 18.3 Å². The molecule has 3 fully saturated rings. The quantitative estimate of drug-likeness (QED) is 0.303. The number of aryl methyl sites for hydroxylation is 1. The predicted octanol–water partition coefficient (Wildman–Crippen LogP) is 2.81. The van der Waals surface area contributed by atoms with Gasteiger partial charge < -0.3 is 10.6 Å². The van der Waals surface area contributed by atoms with Gasteiger partial charge in [0.2, 0.25) is 5.91 Å². The summed E-state index contributed by atoms with van der Waals surface area (Å²) in [5.74, 6) is 1.85. The second-order valence-corrected chi connectivity index (χ2v) is 11.1. The summed E-state index contributed by atoms with van der Waals surface area (Å²) in [4.78, 5) is 62.5. The van der Waals surface area contributed by atoms with Gasteiger partial charge in [0, 0.05) is 60.6 Å². The van der Waals surface area contributed by atoms with Crippen LogP contribution in [-0.4, -0.2) is 70.9 Å². The number of anilines is 3. The van der Waals surface area contributed by atoms with Crippen molar-refractivity contribution in [3.05, 3.63) is 59.7 Å². The van der Waals surface area contributed by atoms with Gasteiger partial charge in [-0.2, -0.15) is 9.61 Å². The molecule has 2 aliphatic carbocycles. The summed E-state index contributed by atoms with van der Waals surface area (Å²) in [6.07, 6.45) is 5.88. The average Bonchev–Trinajstić information content (AvgIpc) is 3.90. The van der Waals surface area contributed by atoms with Crippen LogP contribution in [0.5, 0.6) is 0 Å². The van der Waals surface area contributed by atoms with Crippen molar-refractivity contribution in [2.75, 3.05) is 29.1 Å². The van der Waals surface area contributed by atoms with E-state index >= 15 is 0 Å². The molecule has 0 bridgehead atoms. The first-order valence-electron chi connectivity index (χ1n) is 13.9. The standard InChI is InChI=1S/C28H29N11O3/c1-14-6-7-29-26(32-14)17-8-18(17)27(41)35-22-11-21(30-13-31-22)33-15(2)19-9-23-34-20(16-4-5-16)10-24(39(23)36-19)38-12-25(40)37(3)28(38)42/h6-7,9-11,13,15-18H,4-5,8,12H2,1-3H3,(H2,30,31,33,35,41)/t15-,17?,18?/m0/s1. The Balaban J connectivity index is 1.08. The summed E-state index contributed by atoms with van der Waals surface area (Å²) >= 11 is 0. The first-order chi connectivity index (χ1) is 20.2. The lowest BCUT2D eigenvalue weighted by atomic mass is 10.2. The summed E-state index contributed by atoms with van der Waals surface area (Å²) < 4.78 is 1.61. The van der Waals surface area contributed by atoms with Crippen molar-refractivity contribution in [3.8, 4) is 0 Å². The molecule has 2 N–H and O–H groups in total. The zero-order chi connectivity index (χ0) is 29.1. The van der Waals surface area contributed by atoms with Gasteiger partial charge in [-0.25, -0.2) is 29.7 Å². The second-order valence-electron chi connectivity index (χ2n) is 11.1. The number of carbonyl (C=O) groups is 3. The number of aromatic nitrogens is 7. The van der Waals surface area contributed by atoms with Crippen LogP contribution in [0.25, 0.3) is 5.65 Å². The van der Waals surface area contributed by atoms with E-state index in [1.54, 1.807) is 16.8 Å². The van der Waals surface area contributed by atoms with Crippen LogP contribution < -0.4 is 15.5 Å². The van der Waals surface area contributed by atoms with Crippen molar-refractivity contribution < 1.29 is 14.4 Å². The molecule has 14 heteroatoms. The highest BCUT2D eigenvalue weighted by Gasteiger charge is 2.46. The molecule has 4 amide bonds. The zero-order valence-electron chi connectivity index (χ0n) is 23.4. The fourth-order valence-corrected chi connectivity index (χ4v) is 5.20. The smallest absolute Gasteiger partial charge is 0.332 e. The number of hydrogen-bond acceptors (Lipinski definition) is 10. The number of fused-ring (bicyclic) bond motifs is 1. The van der Waals surface area contributed by atoms with Crippen LogP contribution in [0.3, 0.4) is 0 Å². The highest BCUT2D eigenvalue weighted by molar-refractivity contribution is 6.11. The third-order valence-electron chi connectivity index (χ3n) is 7.90. The minimum Gasteiger partial charge on any atom is -0.362 e. The molecule has 1 aliphatic heterocycles. The molecule has 1 saturated heterocycles. The van der Waals surface area contributed by atoms with E-state index in [0.29, 0.717) is 47.0 Å². The first kappa shape index (κ1) is 25.9. The van der Waals surface area contributed by atoms with Crippen LogP contribution in [0.15, 0.2) is 36.8 Å². The van der Waals surface area contributed by atoms with Gasteiger partial charge in [0.05, 0.1) is 11.7 Å². The van der Waals surface area contributed by atoms with Gasteiger partial charge in [-0.15, -0.1) is 0 Å². The fraction of sp³-hybridized carbons (Fsp3) is 0.393. The molecule has 4 aromatic heterocycles. The number of likely N-dealkylation sites (N-methyl/N-ethyl adjacent to an activating group) is 1. The van der Waals surface area contributed by atoms with E-state index < -0.39 is 6.03 Å². The zero-order valence-corrected chi connectivity index (χ0v) is 23.4. The van der Waals surface area contributed by atoms with Gasteiger partial charge >= 0.3 is 6.03 Å². The number of nitrogens with zero attached hydrogens (tertiary/aromatic N) is 9. The normalized spacial score (nSPS) is 20.7. The first-order valence-corrected chi connectivity index (χ1v) is 13.9. The average molecular weight is 568 g/mol. The number of carbonyl (C=O) groups excluding carboxylic acids is 3. The summed E-state index contributed by atoms with van der Waals surface area (Å²) in [6, 6.07) is 6.54. The van der Waals surface area contributed by atoms with Gasteiger partial charge in [-0.1, -0.05) is 0 Å². The van der Waals surface area contributed by atoms with Crippen LogP contribution in [0.2, 0.25) is 0 Å². The Labute approximate surface area is 240 Å². The predicted molar refractivity (Wildman–Crippen MR) is 151 cm³/mol. The van der Waals surface area contributed by atoms with Gasteiger partial charge in [-0.05, 0) is 39.2 Å². The maximum Gasteiger partial charge on any atom is 0.332 e. The Hall–Kier alpha value is -5.01. The Morgan fingerprint density at radius 2 is 1.88 bits per heavy atom. The van der Waals surface area contributed by atoms with Crippen molar-refractivity contribution >= 4 is 40.9 Å². The van der Waals surface area contributed by atoms with Crippen LogP contribution in [0, 0.1) is 12.8 Å².